The van der Waals surface area contributed by atoms with E-state index in [1.165, 1.54) is 12.0 Å². The molecule has 0 aliphatic carbocycles. The zero-order chi connectivity index (χ0) is 14.0. The fourth-order valence-electron chi connectivity index (χ4n) is 2.24. The maximum atomic E-state index is 12.4. The first-order chi connectivity index (χ1) is 9.06. The van der Waals surface area contributed by atoms with Crippen LogP contribution in [0.1, 0.15) is 30.1 Å². The van der Waals surface area contributed by atoms with Crippen molar-refractivity contribution in [2.75, 3.05) is 13.7 Å². The van der Waals surface area contributed by atoms with E-state index in [4.69, 9.17) is 4.74 Å². The zero-order valence-corrected chi connectivity index (χ0v) is 12.6. The minimum atomic E-state index is -0.273. The summed E-state index contributed by atoms with van der Waals surface area (Å²) in [7, 11) is 1.51. The van der Waals surface area contributed by atoms with Crippen LogP contribution in [0.15, 0.2) is 22.7 Å². The first-order valence-electron chi connectivity index (χ1n) is 6.25. The molecule has 1 fully saturated rings. The van der Waals surface area contributed by atoms with Gasteiger partial charge in [-0.1, -0.05) is 29.3 Å². The second-order valence-corrected chi connectivity index (χ2v) is 5.55. The molecule has 4 nitrogen and oxygen atoms in total. The lowest BCUT2D eigenvalue weighted by molar-refractivity contribution is -0.125. The molecule has 0 spiro atoms. The number of likely N-dealkylation sites (tertiary alicyclic amines) is 1. The molecular weight excluding hydrogens is 310 g/mol. The molecular formula is C14H16BrNO3. The summed E-state index contributed by atoms with van der Waals surface area (Å²) in [5.74, 6) is 0.386. The van der Waals surface area contributed by atoms with Crippen LogP contribution < -0.4 is 4.74 Å². The summed E-state index contributed by atoms with van der Waals surface area (Å²) >= 11 is 3.33. The average Bonchev–Trinajstić information content (AvgIpc) is 2.79. The van der Waals surface area contributed by atoms with Crippen LogP contribution in [0.2, 0.25) is 0 Å². The van der Waals surface area contributed by atoms with Crippen LogP contribution >= 0.6 is 15.9 Å². The van der Waals surface area contributed by atoms with Gasteiger partial charge < -0.3 is 4.74 Å². The molecule has 1 aliphatic heterocycles. The summed E-state index contributed by atoms with van der Waals surface area (Å²) in [4.78, 5) is 25.6. The normalized spacial score (nSPS) is 18.8. The molecule has 1 heterocycles. The van der Waals surface area contributed by atoms with Crippen molar-refractivity contribution in [2.45, 2.75) is 19.8 Å². The van der Waals surface area contributed by atoms with Gasteiger partial charge in [0.25, 0.3) is 5.91 Å². The van der Waals surface area contributed by atoms with Gasteiger partial charge in [-0.3, -0.25) is 14.5 Å². The molecule has 1 aromatic carbocycles. The fraction of sp³-hybridized carbons (Fsp3) is 0.429. The number of methoxy groups -OCH3 is 1. The third-order valence-corrected chi connectivity index (χ3v) is 3.91. The number of carbonyl (C=O) groups is 2. The topological polar surface area (TPSA) is 46.6 Å². The van der Waals surface area contributed by atoms with Gasteiger partial charge in [-0.05, 0) is 24.1 Å². The predicted octanol–water partition coefficient (Wildman–Crippen LogP) is 2.86. The summed E-state index contributed by atoms with van der Waals surface area (Å²) in [5, 5.41) is 0. The van der Waals surface area contributed by atoms with Crippen molar-refractivity contribution in [2.24, 2.45) is 5.92 Å². The Hall–Kier alpha value is -1.36. The van der Waals surface area contributed by atoms with Gasteiger partial charge in [0.1, 0.15) is 5.75 Å². The molecule has 2 amide bonds. The molecule has 19 heavy (non-hydrogen) atoms. The van der Waals surface area contributed by atoms with Gasteiger partial charge in [0.2, 0.25) is 5.91 Å². The van der Waals surface area contributed by atoms with E-state index in [9.17, 15) is 9.59 Å². The number of hydrogen-bond donors (Lipinski definition) is 0. The Morgan fingerprint density at radius 1 is 1.53 bits per heavy atom. The molecule has 102 valence electrons. The van der Waals surface area contributed by atoms with Crippen LogP contribution in [0.4, 0.5) is 0 Å². The summed E-state index contributed by atoms with van der Waals surface area (Å²) in [6, 6.07) is 5.18. The highest BCUT2D eigenvalue weighted by Gasteiger charge is 2.34. The standard InChI is InChI=1S/C14H16BrNO3/c1-3-9-6-13(17)16(8-9)14(18)11-5-4-10(15)7-12(11)19-2/h4-5,7,9H,3,6,8H2,1-2H3. The first-order valence-corrected chi connectivity index (χ1v) is 7.04. The van der Waals surface area contributed by atoms with E-state index in [0.717, 1.165) is 10.9 Å². The van der Waals surface area contributed by atoms with Crippen LogP contribution in [-0.4, -0.2) is 30.4 Å². The number of nitrogens with zero attached hydrogens (tertiary/aromatic N) is 1. The number of halogens is 1. The number of rotatable bonds is 3. The quantitative estimate of drug-likeness (QED) is 0.803. The van der Waals surface area contributed by atoms with Crippen LogP contribution in [0, 0.1) is 5.92 Å². The first kappa shape index (κ1) is 14.1. The number of carbonyl (C=O) groups excluding carboxylic acids is 2. The maximum absolute atomic E-state index is 12.4. The summed E-state index contributed by atoms with van der Waals surface area (Å²) in [6.45, 7) is 2.54. The van der Waals surface area contributed by atoms with Crippen molar-refractivity contribution in [1.82, 2.24) is 4.90 Å². The molecule has 1 atom stereocenters. The molecule has 0 bridgehead atoms. The lowest BCUT2D eigenvalue weighted by Crippen LogP contribution is -2.32. The number of ether oxygens (including phenoxy) is 1. The molecule has 0 aromatic heterocycles. The fourth-order valence-corrected chi connectivity index (χ4v) is 2.58. The minimum Gasteiger partial charge on any atom is -0.496 e. The van der Waals surface area contributed by atoms with Crippen molar-refractivity contribution in [1.29, 1.82) is 0 Å². The van der Waals surface area contributed by atoms with E-state index in [-0.39, 0.29) is 17.7 Å². The molecule has 0 saturated carbocycles. The summed E-state index contributed by atoms with van der Waals surface area (Å²) in [6.07, 6.45) is 1.37. The molecule has 1 aliphatic rings. The van der Waals surface area contributed by atoms with Crippen molar-refractivity contribution in [3.8, 4) is 5.75 Å². The van der Waals surface area contributed by atoms with Crippen LogP contribution in [-0.2, 0) is 4.79 Å². The smallest absolute Gasteiger partial charge is 0.264 e. The third kappa shape index (κ3) is 2.81. The lowest BCUT2D eigenvalue weighted by atomic mass is 10.1. The van der Waals surface area contributed by atoms with Crippen molar-refractivity contribution in [3.63, 3.8) is 0 Å². The Balaban J connectivity index is 2.27. The van der Waals surface area contributed by atoms with Gasteiger partial charge >= 0.3 is 0 Å². The van der Waals surface area contributed by atoms with Gasteiger partial charge in [0.15, 0.2) is 0 Å². The molecule has 1 unspecified atom stereocenters. The number of hydrogen-bond acceptors (Lipinski definition) is 3. The monoisotopic (exact) mass is 325 g/mol. The molecule has 0 radical (unpaired) electrons. The number of imide groups is 1. The van der Waals surface area contributed by atoms with Gasteiger partial charge in [0.05, 0.1) is 12.7 Å². The van der Waals surface area contributed by atoms with Crippen molar-refractivity contribution >= 4 is 27.7 Å². The Bertz CT molecular complexity index is 515. The Morgan fingerprint density at radius 3 is 2.84 bits per heavy atom. The van der Waals surface area contributed by atoms with Crippen LogP contribution in [0.5, 0.6) is 5.75 Å². The minimum absolute atomic E-state index is 0.0955. The largest absolute Gasteiger partial charge is 0.496 e. The van der Waals surface area contributed by atoms with Gasteiger partial charge in [-0.2, -0.15) is 0 Å². The second-order valence-electron chi connectivity index (χ2n) is 4.63. The number of amides is 2. The Morgan fingerprint density at radius 2 is 2.26 bits per heavy atom. The predicted molar refractivity (Wildman–Crippen MR) is 75.1 cm³/mol. The highest BCUT2D eigenvalue weighted by molar-refractivity contribution is 9.10. The summed E-state index contributed by atoms with van der Waals surface area (Å²) < 4.78 is 6.04. The Labute approximate surface area is 120 Å². The van der Waals surface area contributed by atoms with Crippen molar-refractivity contribution in [3.05, 3.63) is 28.2 Å². The van der Waals surface area contributed by atoms with Gasteiger partial charge in [-0.25, -0.2) is 0 Å². The zero-order valence-electron chi connectivity index (χ0n) is 11.0. The van der Waals surface area contributed by atoms with E-state index in [1.54, 1.807) is 18.2 Å². The third-order valence-electron chi connectivity index (χ3n) is 3.42. The highest BCUT2D eigenvalue weighted by Crippen LogP contribution is 2.28. The molecule has 2 rings (SSSR count). The van der Waals surface area contributed by atoms with E-state index in [2.05, 4.69) is 15.9 Å². The Kier molecular flexibility index (Phi) is 4.24. The van der Waals surface area contributed by atoms with E-state index < -0.39 is 0 Å². The summed E-state index contributed by atoms with van der Waals surface area (Å²) in [5.41, 5.74) is 0.427. The maximum Gasteiger partial charge on any atom is 0.264 e. The van der Waals surface area contributed by atoms with E-state index in [1.807, 2.05) is 6.92 Å². The highest BCUT2D eigenvalue weighted by atomic mass is 79.9. The lowest BCUT2D eigenvalue weighted by Gasteiger charge is -2.16. The second kappa shape index (κ2) is 5.74. The van der Waals surface area contributed by atoms with E-state index in [0.29, 0.717) is 24.3 Å². The molecule has 1 saturated heterocycles. The SMILES string of the molecule is CCC1CC(=O)N(C(=O)c2ccc(Br)cc2OC)C1. The molecule has 5 heteroatoms. The van der Waals surface area contributed by atoms with Crippen LogP contribution in [0.25, 0.3) is 0 Å². The van der Waals surface area contributed by atoms with Gasteiger partial charge in [-0.15, -0.1) is 0 Å². The van der Waals surface area contributed by atoms with Gasteiger partial charge in [0, 0.05) is 17.4 Å². The molecule has 1 aromatic rings. The van der Waals surface area contributed by atoms with E-state index >= 15 is 0 Å². The average molecular weight is 326 g/mol. The van der Waals surface area contributed by atoms with Crippen molar-refractivity contribution < 1.29 is 14.3 Å². The molecule has 0 N–H and O–H groups in total. The number of benzene rings is 1. The van der Waals surface area contributed by atoms with Crippen LogP contribution in [0.3, 0.4) is 0 Å².